The lowest BCUT2D eigenvalue weighted by atomic mass is 10.0. The van der Waals surface area contributed by atoms with Crippen LogP contribution in [0.25, 0.3) is 0 Å². The minimum Gasteiger partial charge on any atom is -0.383 e. The van der Waals surface area contributed by atoms with Crippen LogP contribution < -0.4 is 21.9 Å². The molecule has 31 heavy (non-hydrogen) atoms. The van der Waals surface area contributed by atoms with Crippen molar-refractivity contribution in [1.82, 2.24) is 9.55 Å². The molecule has 3 N–H and O–H groups in total. The number of nitrogen functional groups attached to an aromatic ring is 1. The Hall–Kier alpha value is -3.65. The van der Waals surface area contributed by atoms with Crippen LogP contribution in [0.2, 0.25) is 0 Å². The van der Waals surface area contributed by atoms with Gasteiger partial charge in [0.05, 0.1) is 19.7 Å². The number of hydrogen-bond acceptors (Lipinski definition) is 5. The summed E-state index contributed by atoms with van der Waals surface area (Å²) in [7, 11) is 1.50. The third-order valence-corrected chi connectivity index (χ3v) is 5.27. The van der Waals surface area contributed by atoms with Gasteiger partial charge < -0.3 is 10.5 Å². The summed E-state index contributed by atoms with van der Waals surface area (Å²) < 4.78 is 6.24. The van der Waals surface area contributed by atoms with Crippen LogP contribution in [0.3, 0.4) is 0 Å². The number of aromatic amines is 1. The fraction of sp³-hybridized carbons (Fsp3) is 0.261. The number of carbonyl (C=O) groups is 1. The third-order valence-electron chi connectivity index (χ3n) is 5.27. The lowest BCUT2D eigenvalue weighted by Crippen LogP contribution is -2.41. The molecule has 1 aromatic heterocycles. The van der Waals surface area contributed by atoms with Gasteiger partial charge in [-0.05, 0) is 36.6 Å². The van der Waals surface area contributed by atoms with Gasteiger partial charge in [-0.15, -0.1) is 0 Å². The van der Waals surface area contributed by atoms with Gasteiger partial charge >= 0.3 is 5.69 Å². The van der Waals surface area contributed by atoms with E-state index in [0.717, 1.165) is 16.7 Å². The van der Waals surface area contributed by atoms with Gasteiger partial charge in [0.25, 0.3) is 11.5 Å². The van der Waals surface area contributed by atoms with Crippen molar-refractivity contribution in [3.63, 3.8) is 0 Å². The average molecular weight is 422 g/mol. The van der Waals surface area contributed by atoms with Gasteiger partial charge in [-0.3, -0.25) is 24.0 Å². The number of methoxy groups -OCH3 is 1. The molecule has 0 unspecified atom stereocenters. The van der Waals surface area contributed by atoms with E-state index in [2.05, 4.69) is 4.98 Å². The van der Waals surface area contributed by atoms with Crippen molar-refractivity contribution >= 4 is 17.4 Å². The maximum atomic E-state index is 13.6. The zero-order valence-electron chi connectivity index (χ0n) is 17.8. The second kappa shape index (κ2) is 9.44. The number of hydrogen-bond donors (Lipinski definition) is 2. The van der Waals surface area contributed by atoms with Crippen LogP contribution in [0.1, 0.15) is 27.0 Å². The van der Waals surface area contributed by atoms with Crippen LogP contribution in [-0.2, 0) is 17.8 Å². The number of carbonyl (C=O) groups excluding carboxylic acids is 1. The standard InChI is InChI=1S/C23H26N4O4/c1-15-8-7-11-18(16(15)2)22(29)27(14-17-9-5-4-6-10-17)19-20(24)26(12-13-31-3)23(30)25-21(19)28/h4-11H,12-14,24H2,1-3H3,(H,25,28,30). The first kappa shape index (κ1) is 22.0. The first-order valence-electron chi connectivity index (χ1n) is 9.88. The number of benzene rings is 2. The normalized spacial score (nSPS) is 10.8. The maximum absolute atomic E-state index is 13.6. The molecule has 0 fully saturated rings. The van der Waals surface area contributed by atoms with Crippen LogP contribution in [0.5, 0.6) is 0 Å². The zero-order chi connectivity index (χ0) is 22.5. The predicted octanol–water partition coefficient (Wildman–Crippen LogP) is 2.23. The molecule has 0 saturated carbocycles. The Morgan fingerprint density at radius 2 is 1.81 bits per heavy atom. The highest BCUT2D eigenvalue weighted by Crippen LogP contribution is 2.24. The molecule has 3 aromatic rings. The van der Waals surface area contributed by atoms with E-state index in [1.165, 1.54) is 16.6 Å². The number of rotatable bonds is 7. The zero-order valence-corrected chi connectivity index (χ0v) is 17.8. The average Bonchev–Trinajstić information content (AvgIpc) is 2.75. The molecular weight excluding hydrogens is 396 g/mol. The van der Waals surface area contributed by atoms with Gasteiger partial charge in [-0.25, -0.2) is 4.79 Å². The summed E-state index contributed by atoms with van der Waals surface area (Å²) in [5.41, 5.74) is 7.87. The lowest BCUT2D eigenvalue weighted by Gasteiger charge is -2.25. The van der Waals surface area contributed by atoms with E-state index in [1.807, 2.05) is 50.2 Å². The highest BCUT2D eigenvalue weighted by Gasteiger charge is 2.26. The van der Waals surface area contributed by atoms with Crippen molar-refractivity contribution in [3.8, 4) is 0 Å². The SMILES string of the molecule is COCCn1c(N)c(N(Cc2ccccc2)C(=O)c2cccc(C)c2C)c(=O)[nH]c1=O. The molecule has 3 rings (SSSR count). The van der Waals surface area contributed by atoms with Crippen LogP contribution in [-0.4, -0.2) is 29.2 Å². The number of H-pyrrole nitrogens is 1. The van der Waals surface area contributed by atoms with Crippen LogP contribution in [0, 0.1) is 13.8 Å². The Morgan fingerprint density at radius 3 is 2.48 bits per heavy atom. The number of nitrogens with one attached hydrogen (secondary N) is 1. The first-order chi connectivity index (χ1) is 14.8. The molecule has 1 amide bonds. The van der Waals surface area contributed by atoms with Crippen LogP contribution in [0.4, 0.5) is 11.5 Å². The number of nitrogens with two attached hydrogens (primary N) is 1. The van der Waals surface area contributed by atoms with Gasteiger partial charge in [0, 0.05) is 12.7 Å². The molecule has 162 valence electrons. The smallest absolute Gasteiger partial charge is 0.330 e. The van der Waals surface area contributed by atoms with Crippen molar-refractivity contribution in [2.75, 3.05) is 24.4 Å². The number of nitrogens with zero attached hydrogens (tertiary/aromatic N) is 2. The molecule has 1 heterocycles. The van der Waals surface area contributed by atoms with E-state index >= 15 is 0 Å². The number of aromatic nitrogens is 2. The summed E-state index contributed by atoms with van der Waals surface area (Å²) in [6, 6.07) is 14.7. The van der Waals surface area contributed by atoms with Gasteiger partial charge in [0.1, 0.15) is 5.82 Å². The monoisotopic (exact) mass is 422 g/mol. The fourth-order valence-corrected chi connectivity index (χ4v) is 3.39. The van der Waals surface area contributed by atoms with Crippen molar-refractivity contribution in [2.45, 2.75) is 26.9 Å². The van der Waals surface area contributed by atoms with E-state index in [-0.39, 0.29) is 37.1 Å². The molecule has 0 aliphatic carbocycles. The summed E-state index contributed by atoms with van der Waals surface area (Å²) in [5.74, 6) is -0.459. The third kappa shape index (κ3) is 4.59. The first-order valence-corrected chi connectivity index (χ1v) is 9.88. The highest BCUT2D eigenvalue weighted by molar-refractivity contribution is 6.08. The van der Waals surface area contributed by atoms with Gasteiger partial charge in [0.15, 0.2) is 5.69 Å². The maximum Gasteiger partial charge on any atom is 0.330 e. The van der Waals surface area contributed by atoms with Crippen molar-refractivity contribution in [2.24, 2.45) is 0 Å². The Balaban J connectivity index is 2.19. The van der Waals surface area contributed by atoms with E-state index in [0.29, 0.717) is 5.56 Å². The molecule has 8 heteroatoms. The number of aryl methyl sites for hydroxylation is 1. The molecule has 0 radical (unpaired) electrons. The molecule has 0 bridgehead atoms. The number of ether oxygens (including phenoxy) is 1. The molecule has 8 nitrogen and oxygen atoms in total. The predicted molar refractivity (Wildman–Crippen MR) is 120 cm³/mol. The van der Waals surface area contributed by atoms with Crippen molar-refractivity contribution < 1.29 is 9.53 Å². The van der Waals surface area contributed by atoms with E-state index in [1.54, 1.807) is 12.1 Å². The Morgan fingerprint density at radius 1 is 1.10 bits per heavy atom. The van der Waals surface area contributed by atoms with E-state index in [4.69, 9.17) is 10.5 Å². The number of anilines is 2. The second-order valence-electron chi connectivity index (χ2n) is 7.26. The summed E-state index contributed by atoms with van der Waals surface area (Å²) in [6.07, 6.45) is 0. The second-order valence-corrected chi connectivity index (χ2v) is 7.26. The molecule has 0 saturated heterocycles. The van der Waals surface area contributed by atoms with Gasteiger partial charge in [0.2, 0.25) is 0 Å². The molecule has 0 atom stereocenters. The molecule has 0 spiro atoms. The Labute approximate surface area is 179 Å². The lowest BCUT2D eigenvalue weighted by molar-refractivity contribution is 0.0984. The minimum absolute atomic E-state index is 0.0644. The highest BCUT2D eigenvalue weighted by atomic mass is 16.5. The van der Waals surface area contributed by atoms with Crippen LogP contribution in [0.15, 0.2) is 58.1 Å². The summed E-state index contributed by atoms with van der Waals surface area (Å²) in [4.78, 5) is 42.4. The topological polar surface area (TPSA) is 110 Å². The van der Waals surface area contributed by atoms with Gasteiger partial charge in [-0.2, -0.15) is 0 Å². The number of amides is 1. The fourth-order valence-electron chi connectivity index (χ4n) is 3.39. The molecular formula is C23H26N4O4. The van der Waals surface area contributed by atoms with Crippen molar-refractivity contribution in [3.05, 3.63) is 91.6 Å². The summed E-state index contributed by atoms with van der Waals surface area (Å²) in [6.45, 7) is 4.25. The summed E-state index contributed by atoms with van der Waals surface area (Å²) >= 11 is 0. The van der Waals surface area contributed by atoms with Crippen LogP contribution >= 0.6 is 0 Å². The largest absolute Gasteiger partial charge is 0.383 e. The quantitative estimate of drug-likeness (QED) is 0.607. The Bertz CT molecular complexity index is 1200. The van der Waals surface area contributed by atoms with E-state index in [9.17, 15) is 14.4 Å². The van der Waals surface area contributed by atoms with E-state index < -0.39 is 11.2 Å². The molecule has 0 aliphatic heterocycles. The van der Waals surface area contributed by atoms with Crippen molar-refractivity contribution in [1.29, 1.82) is 0 Å². The summed E-state index contributed by atoms with van der Waals surface area (Å²) in [5, 5.41) is 0. The van der Waals surface area contributed by atoms with Gasteiger partial charge in [-0.1, -0.05) is 42.5 Å². The molecule has 0 aliphatic rings. The minimum atomic E-state index is -0.717. The Kier molecular flexibility index (Phi) is 6.71. The molecule has 2 aromatic carbocycles.